The van der Waals surface area contributed by atoms with Crippen molar-refractivity contribution in [3.63, 3.8) is 0 Å². The number of thioether (sulfide) groups is 1. The van der Waals surface area contributed by atoms with Gasteiger partial charge in [-0.3, -0.25) is 0 Å². The number of carbonyl (C=O) groups is 1. The summed E-state index contributed by atoms with van der Waals surface area (Å²) in [5.41, 5.74) is 0.565. The van der Waals surface area contributed by atoms with Gasteiger partial charge in [0.15, 0.2) is 0 Å². The maximum absolute atomic E-state index is 11.7. The lowest BCUT2D eigenvalue weighted by Crippen LogP contribution is -2.05. The minimum Gasteiger partial charge on any atom is -0.491 e. The molecule has 2 rings (SSSR count). The summed E-state index contributed by atoms with van der Waals surface area (Å²) in [6, 6.07) is 3.59. The zero-order chi connectivity index (χ0) is 12.3. The largest absolute Gasteiger partial charge is 0.491 e. The number of benzene rings is 1. The van der Waals surface area contributed by atoms with Crippen LogP contribution in [-0.4, -0.2) is 24.9 Å². The van der Waals surface area contributed by atoms with Crippen LogP contribution >= 0.6 is 27.7 Å². The van der Waals surface area contributed by atoms with Crippen molar-refractivity contribution in [1.82, 2.24) is 0 Å². The van der Waals surface area contributed by atoms with E-state index in [9.17, 15) is 4.79 Å². The third-order valence-electron chi connectivity index (χ3n) is 2.31. The Kier molecular flexibility index (Phi) is 4.34. The van der Waals surface area contributed by atoms with Crippen LogP contribution in [0.5, 0.6) is 5.75 Å². The molecule has 0 spiro atoms. The topological polar surface area (TPSA) is 35.5 Å². The molecule has 1 aromatic carbocycles. The third kappa shape index (κ3) is 2.96. The standard InChI is InChI=1S/C12H13BrO3S/c1-2-15-12(14)8-6-9(13)11-10(7-8)17-5-3-4-16-11/h6-7H,2-5H2,1H3. The molecule has 0 aromatic heterocycles. The van der Waals surface area contributed by atoms with Crippen LogP contribution in [0.15, 0.2) is 21.5 Å². The van der Waals surface area contributed by atoms with Gasteiger partial charge in [-0.1, -0.05) is 0 Å². The van der Waals surface area contributed by atoms with Gasteiger partial charge in [0.05, 0.1) is 28.1 Å². The summed E-state index contributed by atoms with van der Waals surface area (Å²) in [7, 11) is 0. The molecule has 0 saturated carbocycles. The van der Waals surface area contributed by atoms with Crippen molar-refractivity contribution in [2.45, 2.75) is 18.2 Å². The average Bonchev–Trinajstić information content (AvgIpc) is 2.54. The molecule has 0 aliphatic carbocycles. The predicted molar refractivity (Wildman–Crippen MR) is 70.9 cm³/mol. The van der Waals surface area contributed by atoms with Crippen molar-refractivity contribution in [2.24, 2.45) is 0 Å². The molecule has 1 aliphatic rings. The predicted octanol–water partition coefficient (Wildman–Crippen LogP) is 3.50. The number of esters is 1. The Morgan fingerprint density at radius 3 is 3.18 bits per heavy atom. The van der Waals surface area contributed by atoms with Crippen LogP contribution in [0.4, 0.5) is 0 Å². The van der Waals surface area contributed by atoms with Gasteiger partial charge >= 0.3 is 5.97 Å². The van der Waals surface area contributed by atoms with E-state index in [1.807, 2.05) is 6.07 Å². The van der Waals surface area contributed by atoms with Crippen LogP contribution in [0, 0.1) is 0 Å². The monoisotopic (exact) mass is 316 g/mol. The fourth-order valence-corrected chi connectivity index (χ4v) is 3.26. The van der Waals surface area contributed by atoms with E-state index in [2.05, 4.69) is 15.9 Å². The highest BCUT2D eigenvalue weighted by atomic mass is 79.9. The summed E-state index contributed by atoms with van der Waals surface area (Å²) in [5.74, 6) is 1.55. The van der Waals surface area contributed by atoms with Crippen LogP contribution in [0.1, 0.15) is 23.7 Å². The third-order valence-corrected chi connectivity index (χ3v) is 4.01. The van der Waals surface area contributed by atoms with Crippen LogP contribution in [0.3, 0.4) is 0 Å². The molecule has 0 radical (unpaired) electrons. The second-order valence-corrected chi connectivity index (χ2v) is 5.55. The van der Waals surface area contributed by atoms with Gasteiger partial charge in [0.1, 0.15) is 5.75 Å². The number of halogens is 1. The van der Waals surface area contributed by atoms with E-state index in [1.165, 1.54) is 0 Å². The zero-order valence-corrected chi connectivity index (χ0v) is 11.9. The van der Waals surface area contributed by atoms with Crippen LogP contribution < -0.4 is 4.74 Å². The molecule has 0 amide bonds. The number of carbonyl (C=O) groups excluding carboxylic acids is 1. The van der Waals surface area contributed by atoms with Gasteiger partial charge in [0.25, 0.3) is 0 Å². The normalized spacial score (nSPS) is 14.5. The first-order valence-corrected chi connectivity index (χ1v) is 7.26. The molecule has 0 N–H and O–H groups in total. The van der Waals surface area contributed by atoms with Gasteiger partial charge in [0, 0.05) is 5.75 Å². The van der Waals surface area contributed by atoms with E-state index < -0.39 is 0 Å². The van der Waals surface area contributed by atoms with Crippen molar-refractivity contribution < 1.29 is 14.3 Å². The Balaban J connectivity index is 2.35. The summed E-state index contributed by atoms with van der Waals surface area (Å²) in [6.45, 7) is 2.91. The van der Waals surface area contributed by atoms with Gasteiger partial charge < -0.3 is 9.47 Å². The van der Waals surface area contributed by atoms with Crippen LogP contribution in [0.2, 0.25) is 0 Å². The van der Waals surface area contributed by atoms with E-state index in [-0.39, 0.29) is 5.97 Å². The summed E-state index contributed by atoms with van der Waals surface area (Å²) < 4.78 is 11.5. The Labute approximate surface area is 113 Å². The average molecular weight is 317 g/mol. The van der Waals surface area contributed by atoms with Crippen molar-refractivity contribution in [3.8, 4) is 5.75 Å². The Hall–Kier alpha value is -0.680. The first-order valence-electron chi connectivity index (χ1n) is 5.48. The van der Waals surface area contributed by atoms with Crippen molar-refractivity contribution >= 4 is 33.7 Å². The molecular weight excluding hydrogens is 304 g/mol. The Morgan fingerprint density at radius 2 is 2.41 bits per heavy atom. The van der Waals surface area contributed by atoms with E-state index in [0.29, 0.717) is 12.2 Å². The Morgan fingerprint density at radius 1 is 1.59 bits per heavy atom. The molecule has 1 aromatic rings. The molecule has 0 bridgehead atoms. The van der Waals surface area contributed by atoms with Crippen molar-refractivity contribution in [3.05, 3.63) is 22.2 Å². The minimum atomic E-state index is -0.291. The summed E-state index contributed by atoms with van der Waals surface area (Å²) in [5, 5.41) is 0. The smallest absolute Gasteiger partial charge is 0.338 e. The van der Waals surface area contributed by atoms with E-state index in [0.717, 1.165) is 33.9 Å². The zero-order valence-electron chi connectivity index (χ0n) is 9.49. The lowest BCUT2D eigenvalue weighted by molar-refractivity contribution is 0.0526. The van der Waals surface area contributed by atoms with Crippen LogP contribution in [0.25, 0.3) is 0 Å². The van der Waals surface area contributed by atoms with E-state index >= 15 is 0 Å². The van der Waals surface area contributed by atoms with Crippen molar-refractivity contribution in [1.29, 1.82) is 0 Å². The minimum absolute atomic E-state index is 0.291. The molecule has 0 unspecified atom stereocenters. The number of hydrogen-bond acceptors (Lipinski definition) is 4. The number of rotatable bonds is 2. The molecule has 1 heterocycles. The van der Waals surface area contributed by atoms with Gasteiger partial charge in [-0.05, 0) is 41.4 Å². The highest BCUT2D eigenvalue weighted by Gasteiger charge is 2.17. The highest BCUT2D eigenvalue weighted by Crippen LogP contribution is 2.39. The quantitative estimate of drug-likeness (QED) is 0.782. The lowest BCUT2D eigenvalue weighted by atomic mass is 10.2. The second kappa shape index (κ2) is 5.78. The molecule has 0 saturated heterocycles. The molecule has 5 heteroatoms. The van der Waals surface area contributed by atoms with Crippen molar-refractivity contribution in [2.75, 3.05) is 19.0 Å². The number of fused-ring (bicyclic) bond motifs is 1. The van der Waals surface area contributed by atoms with Gasteiger partial charge in [0.2, 0.25) is 0 Å². The summed E-state index contributed by atoms with van der Waals surface area (Å²) in [4.78, 5) is 12.7. The molecule has 0 atom stereocenters. The first-order chi connectivity index (χ1) is 8.22. The lowest BCUT2D eigenvalue weighted by Gasteiger charge is -2.10. The number of hydrogen-bond donors (Lipinski definition) is 0. The second-order valence-electron chi connectivity index (χ2n) is 3.56. The molecule has 17 heavy (non-hydrogen) atoms. The number of ether oxygens (including phenoxy) is 2. The highest BCUT2D eigenvalue weighted by molar-refractivity contribution is 9.10. The SMILES string of the molecule is CCOC(=O)c1cc(Br)c2c(c1)SCCCO2. The molecule has 92 valence electrons. The maximum Gasteiger partial charge on any atom is 0.338 e. The van der Waals surface area contributed by atoms with Gasteiger partial charge in [-0.15, -0.1) is 11.8 Å². The van der Waals surface area contributed by atoms with E-state index in [4.69, 9.17) is 9.47 Å². The fraction of sp³-hybridized carbons (Fsp3) is 0.417. The van der Waals surface area contributed by atoms with E-state index in [1.54, 1.807) is 24.8 Å². The summed E-state index contributed by atoms with van der Waals surface area (Å²) >= 11 is 5.15. The molecule has 3 nitrogen and oxygen atoms in total. The molecular formula is C12H13BrO3S. The molecule has 0 fully saturated rings. The first kappa shape index (κ1) is 12.8. The van der Waals surface area contributed by atoms with Gasteiger partial charge in [-0.25, -0.2) is 4.79 Å². The summed E-state index contributed by atoms with van der Waals surface area (Å²) in [6.07, 6.45) is 1.01. The van der Waals surface area contributed by atoms with Crippen LogP contribution in [-0.2, 0) is 4.74 Å². The fourth-order valence-electron chi connectivity index (χ4n) is 1.56. The molecule has 1 aliphatic heterocycles. The maximum atomic E-state index is 11.7. The Bertz CT molecular complexity index is 434. The van der Waals surface area contributed by atoms with Gasteiger partial charge in [-0.2, -0.15) is 0 Å².